The Morgan fingerprint density at radius 1 is 1.19 bits per heavy atom. The molecule has 1 amide bonds. The summed E-state index contributed by atoms with van der Waals surface area (Å²) < 4.78 is 0.840. The third-order valence-corrected chi connectivity index (χ3v) is 4.17. The van der Waals surface area contributed by atoms with Crippen LogP contribution < -0.4 is 5.32 Å². The molecule has 0 heterocycles. The van der Waals surface area contributed by atoms with E-state index in [-0.39, 0.29) is 5.91 Å². The molecule has 0 saturated carbocycles. The van der Waals surface area contributed by atoms with Crippen LogP contribution in [-0.4, -0.2) is 24.9 Å². The first-order chi connectivity index (χ1) is 9.97. The van der Waals surface area contributed by atoms with Gasteiger partial charge in [0, 0.05) is 16.7 Å². The monoisotopic (exact) mass is 346 g/mol. The lowest BCUT2D eigenvalue weighted by Gasteiger charge is -2.12. The highest BCUT2D eigenvalue weighted by Crippen LogP contribution is 2.22. The predicted octanol–water partition coefficient (Wildman–Crippen LogP) is 4.07. The van der Waals surface area contributed by atoms with Crippen LogP contribution in [-0.2, 0) is 6.54 Å². The van der Waals surface area contributed by atoms with E-state index >= 15 is 0 Å². The quantitative estimate of drug-likeness (QED) is 0.904. The van der Waals surface area contributed by atoms with Crippen LogP contribution in [0.5, 0.6) is 0 Å². The molecule has 0 atom stereocenters. The molecule has 2 rings (SSSR count). The molecule has 0 radical (unpaired) electrons. The van der Waals surface area contributed by atoms with E-state index in [1.165, 1.54) is 5.56 Å². The lowest BCUT2D eigenvalue weighted by atomic mass is 10.1. The number of carbonyl (C=O) groups excluding carboxylic acids is 1. The topological polar surface area (TPSA) is 32.3 Å². The predicted molar refractivity (Wildman–Crippen MR) is 90.7 cm³/mol. The van der Waals surface area contributed by atoms with Gasteiger partial charge in [0.1, 0.15) is 0 Å². The van der Waals surface area contributed by atoms with Crippen LogP contribution in [0.2, 0.25) is 0 Å². The first-order valence-corrected chi connectivity index (χ1v) is 7.57. The molecule has 0 aliphatic carbocycles. The molecule has 0 spiro atoms. The zero-order chi connectivity index (χ0) is 15.4. The van der Waals surface area contributed by atoms with Crippen molar-refractivity contribution in [2.45, 2.75) is 13.5 Å². The van der Waals surface area contributed by atoms with E-state index < -0.39 is 0 Å². The summed E-state index contributed by atoms with van der Waals surface area (Å²) in [5, 5.41) is 2.95. The number of anilines is 1. The van der Waals surface area contributed by atoms with Crippen molar-refractivity contribution in [3.63, 3.8) is 0 Å². The molecule has 110 valence electrons. The lowest BCUT2D eigenvalue weighted by Crippen LogP contribution is -2.14. The van der Waals surface area contributed by atoms with Gasteiger partial charge in [0.25, 0.3) is 5.91 Å². The number of nitrogens with one attached hydrogen (secondary N) is 1. The third-order valence-electron chi connectivity index (χ3n) is 3.12. The molecule has 0 fully saturated rings. The minimum Gasteiger partial charge on any atom is -0.322 e. The standard InChI is InChI=1S/C17H19BrN2O/c1-12-6-4-9-15(16(12)18)17(21)19-14-8-5-7-13(10-14)11-20(2)3/h4-10H,11H2,1-3H3,(H,19,21). The van der Waals surface area contributed by atoms with E-state index in [2.05, 4.69) is 32.2 Å². The molecule has 2 aromatic rings. The normalized spacial score (nSPS) is 10.7. The fraction of sp³-hybridized carbons (Fsp3) is 0.235. The Morgan fingerprint density at radius 2 is 1.90 bits per heavy atom. The molecule has 0 aromatic heterocycles. The Hall–Kier alpha value is -1.65. The average Bonchev–Trinajstić information content (AvgIpc) is 2.41. The summed E-state index contributed by atoms with van der Waals surface area (Å²) in [6, 6.07) is 13.6. The van der Waals surface area contributed by atoms with Crippen LogP contribution >= 0.6 is 15.9 Å². The van der Waals surface area contributed by atoms with Gasteiger partial charge in [-0.15, -0.1) is 0 Å². The van der Waals surface area contributed by atoms with Gasteiger partial charge in [-0.05, 0) is 66.3 Å². The second-order valence-electron chi connectivity index (χ2n) is 5.33. The van der Waals surface area contributed by atoms with Crippen molar-refractivity contribution in [2.75, 3.05) is 19.4 Å². The molecule has 3 nitrogen and oxygen atoms in total. The summed E-state index contributed by atoms with van der Waals surface area (Å²) in [4.78, 5) is 14.5. The van der Waals surface area contributed by atoms with Crippen LogP contribution in [0.25, 0.3) is 0 Å². The summed E-state index contributed by atoms with van der Waals surface area (Å²) in [6.45, 7) is 2.82. The number of nitrogens with zero attached hydrogens (tertiary/aromatic N) is 1. The van der Waals surface area contributed by atoms with Crippen molar-refractivity contribution in [2.24, 2.45) is 0 Å². The Balaban J connectivity index is 2.18. The summed E-state index contributed by atoms with van der Waals surface area (Å²) in [5.41, 5.74) is 3.67. The van der Waals surface area contributed by atoms with E-state index in [4.69, 9.17) is 0 Å². The lowest BCUT2D eigenvalue weighted by molar-refractivity contribution is 0.102. The maximum atomic E-state index is 12.4. The molecule has 0 saturated heterocycles. The minimum atomic E-state index is -0.104. The van der Waals surface area contributed by atoms with Gasteiger partial charge in [-0.1, -0.05) is 24.3 Å². The van der Waals surface area contributed by atoms with Gasteiger partial charge in [-0.25, -0.2) is 0 Å². The number of benzene rings is 2. The van der Waals surface area contributed by atoms with Crippen molar-refractivity contribution < 1.29 is 4.79 Å². The highest BCUT2D eigenvalue weighted by Gasteiger charge is 2.11. The van der Waals surface area contributed by atoms with Crippen LogP contribution in [0.3, 0.4) is 0 Å². The minimum absolute atomic E-state index is 0.104. The van der Waals surface area contributed by atoms with Crippen LogP contribution in [0.1, 0.15) is 21.5 Å². The van der Waals surface area contributed by atoms with Gasteiger partial charge in [0.15, 0.2) is 0 Å². The zero-order valence-corrected chi connectivity index (χ0v) is 14.1. The highest BCUT2D eigenvalue weighted by molar-refractivity contribution is 9.10. The summed E-state index contributed by atoms with van der Waals surface area (Å²) in [5.74, 6) is -0.104. The Bertz CT molecular complexity index is 653. The molecule has 0 aliphatic heterocycles. The maximum absolute atomic E-state index is 12.4. The summed E-state index contributed by atoms with van der Waals surface area (Å²) in [6.07, 6.45) is 0. The maximum Gasteiger partial charge on any atom is 0.256 e. The Morgan fingerprint density at radius 3 is 2.62 bits per heavy atom. The second-order valence-corrected chi connectivity index (χ2v) is 6.12. The SMILES string of the molecule is Cc1cccc(C(=O)Nc2cccc(CN(C)C)c2)c1Br. The van der Waals surface area contributed by atoms with Gasteiger partial charge >= 0.3 is 0 Å². The van der Waals surface area contributed by atoms with Crippen LogP contribution in [0.15, 0.2) is 46.9 Å². The van der Waals surface area contributed by atoms with Crippen molar-refractivity contribution in [1.29, 1.82) is 0 Å². The Labute approximate surface area is 134 Å². The fourth-order valence-corrected chi connectivity index (χ4v) is 2.58. The molecular formula is C17H19BrN2O. The first kappa shape index (κ1) is 15.7. The van der Waals surface area contributed by atoms with Gasteiger partial charge in [0.2, 0.25) is 0 Å². The van der Waals surface area contributed by atoms with E-state index in [0.29, 0.717) is 5.56 Å². The Kier molecular flexibility index (Phi) is 5.15. The number of amides is 1. The largest absolute Gasteiger partial charge is 0.322 e. The number of hydrogen-bond acceptors (Lipinski definition) is 2. The van der Waals surface area contributed by atoms with Gasteiger partial charge in [0.05, 0.1) is 5.56 Å². The number of rotatable bonds is 4. The molecular weight excluding hydrogens is 328 g/mol. The molecule has 0 unspecified atom stereocenters. The molecule has 21 heavy (non-hydrogen) atoms. The number of aryl methyl sites for hydroxylation is 1. The molecule has 1 N–H and O–H groups in total. The first-order valence-electron chi connectivity index (χ1n) is 6.77. The number of carbonyl (C=O) groups is 1. The van der Waals surface area contributed by atoms with E-state index in [1.54, 1.807) is 0 Å². The smallest absolute Gasteiger partial charge is 0.256 e. The number of hydrogen-bond donors (Lipinski definition) is 1. The van der Waals surface area contributed by atoms with E-state index in [9.17, 15) is 4.79 Å². The van der Waals surface area contributed by atoms with Gasteiger partial charge in [-0.2, -0.15) is 0 Å². The number of halogens is 1. The fourth-order valence-electron chi connectivity index (χ4n) is 2.13. The molecule has 0 aliphatic rings. The summed E-state index contributed by atoms with van der Waals surface area (Å²) >= 11 is 3.47. The molecule has 4 heteroatoms. The van der Waals surface area contributed by atoms with Crippen molar-refractivity contribution in [1.82, 2.24) is 4.90 Å². The van der Waals surface area contributed by atoms with Crippen molar-refractivity contribution in [3.05, 3.63) is 63.6 Å². The molecule has 2 aromatic carbocycles. The van der Waals surface area contributed by atoms with Crippen LogP contribution in [0.4, 0.5) is 5.69 Å². The third kappa shape index (κ3) is 4.16. The molecule has 0 bridgehead atoms. The van der Waals surface area contributed by atoms with Gasteiger partial charge < -0.3 is 10.2 Å². The zero-order valence-electron chi connectivity index (χ0n) is 12.5. The summed E-state index contributed by atoms with van der Waals surface area (Å²) in [7, 11) is 4.05. The average molecular weight is 347 g/mol. The van der Waals surface area contributed by atoms with Crippen LogP contribution in [0, 0.1) is 6.92 Å². The van der Waals surface area contributed by atoms with E-state index in [1.807, 2.05) is 57.4 Å². The highest BCUT2D eigenvalue weighted by atomic mass is 79.9. The second kappa shape index (κ2) is 6.87. The van der Waals surface area contributed by atoms with E-state index in [0.717, 1.165) is 22.3 Å². The van der Waals surface area contributed by atoms with Crippen molar-refractivity contribution in [3.8, 4) is 0 Å². The van der Waals surface area contributed by atoms with Crippen molar-refractivity contribution >= 4 is 27.5 Å². The van der Waals surface area contributed by atoms with Gasteiger partial charge in [-0.3, -0.25) is 4.79 Å².